The lowest BCUT2D eigenvalue weighted by Gasteiger charge is -2.02. The fourth-order valence-corrected chi connectivity index (χ4v) is 1.87. The van der Waals surface area contributed by atoms with E-state index in [2.05, 4.69) is 6.92 Å². The van der Waals surface area contributed by atoms with Crippen LogP contribution in [0.25, 0.3) is 0 Å². The van der Waals surface area contributed by atoms with Crippen molar-refractivity contribution in [1.82, 2.24) is 0 Å². The van der Waals surface area contributed by atoms with E-state index in [4.69, 9.17) is 4.74 Å². The van der Waals surface area contributed by atoms with Crippen LogP contribution in [0, 0.1) is 0 Å². The van der Waals surface area contributed by atoms with Crippen LogP contribution in [0.5, 0.6) is 0 Å². The summed E-state index contributed by atoms with van der Waals surface area (Å²) in [4.78, 5) is 11.6. The molecule has 0 N–H and O–H groups in total. The summed E-state index contributed by atoms with van der Waals surface area (Å²) in [7, 11) is 0. The van der Waals surface area contributed by atoms with Gasteiger partial charge < -0.3 is 4.74 Å². The highest BCUT2D eigenvalue weighted by molar-refractivity contribution is 7.99. The van der Waals surface area contributed by atoms with Crippen molar-refractivity contribution in [2.75, 3.05) is 19.0 Å². The maximum atomic E-state index is 10.4. The first-order valence-electron chi connectivity index (χ1n) is 5.12. The molecule has 0 radical (unpaired) electrons. The summed E-state index contributed by atoms with van der Waals surface area (Å²) >= 11 is 1.75. The molecule has 2 nitrogen and oxygen atoms in total. The lowest BCUT2D eigenvalue weighted by atomic mass is 10.2. The predicted molar refractivity (Wildman–Crippen MR) is 63.7 cm³/mol. The summed E-state index contributed by atoms with van der Waals surface area (Å²) in [6.45, 7) is 3.73. The van der Waals surface area contributed by atoms with Crippen LogP contribution in [0.3, 0.4) is 0 Å². The van der Waals surface area contributed by atoms with Gasteiger partial charge in [0.2, 0.25) is 0 Å². The largest absolute Gasteiger partial charge is 0.381 e. The van der Waals surface area contributed by atoms with Crippen LogP contribution in [0.2, 0.25) is 0 Å². The molecule has 0 unspecified atom stereocenters. The van der Waals surface area contributed by atoms with Crippen LogP contribution in [-0.4, -0.2) is 25.3 Å². The highest BCUT2D eigenvalue weighted by Gasteiger charge is 1.94. The van der Waals surface area contributed by atoms with E-state index in [9.17, 15) is 4.79 Å². The predicted octanol–water partition coefficient (Wildman–Crippen LogP) is 3.02. The van der Waals surface area contributed by atoms with Gasteiger partial charge in [0.1, 0.15) is 6.29 Å². The molecule has 15 heavy (non-hydrogen) atoms. The molecule has 3 heteroatoms. The van der Waals surface area contributed by atoms with Gasteiger partial charge >= 0.3 is 0 Å². The van der Waals surface area contributed by atoms with Crippen molar-refractivity contribution >= 4 is 18.0 Å². The first-order valence-corrected chi connectivity index (χ1v) is 6.11. The molecule has 0 heterocycles. The molecule has 1 aromatic rings. The van der Waals surface area contributed by atoms with Gasteiger partial charge in [-0.25, -0.2) is 0 Å². The van der Waals surface area contributed by atoms with Crippen LogP contribution >= 0.6 is 11.8 Å². The summed E-state index contributed by atoms with van der Waals surface area (Å²) < 4.78 is 5.37. The van der Waals surface area contributed by atoms with Crippen LogP contribution < -0.4 is 0 Å². The van der Waals surface area contributed by atoms with Gasteiger partial charge in [-0.1, -0.05) is 19.1 Å². The molecule has 0 atom stereocenters. The number of hydrogen-bond acceptors (Lipinski definition) is 3. The minimum absolute atomic E-state index is 0.724. The molecule has 0 fully saturated rings. The lowest BCUT2D eigenvalue weighted by molar-refractivity contribution is 0.112. The maximum Gasteiger partial charge on any atom is 0.150 e. The number of rotatable bonds is 7. The number of carbonyl (C=O) groups is 1. The van der Waals surface area contributed by atoms with E-state index >= 15 is 0 Å². The molecule has 0 amide bonds. The Morgan fingerprint density at radius 3 is 2.60 bits per heavy atom. The van der Waals surface area contributed by atoms with Crippen molar-refractivity contribution in [3.05, 3.63) is 29.8 Å². The summed E-state index contributed by atoms with van der Waals surface area (Å²) in [5.41, 5.74) is 0.724. The third kappa shape index (κ3) is 5.00. The van der Waals surface area contributed by atoms with Gasteiger partial charge in [-0.3, -0.25) is 4.79 Å². The zero-order chi connectivity index (χ0) is 10.9. The van der Waals surface area contributed by atoms with E-state index in [0.29, 0.717) is 0 Å². The molecule has 0 saturated carbocycles. The minimum Gasteiger partial charge on any atom is -0.381 e. The Labute approximate surface area is 95.0 Å². The number of thioether (sulfide) groups is 1. The van der Waals surface area contributed by atoms with E-state index in [1.54, 1.807) is 11.8 Å². The van der Waals surface area contributed by atoms with E-state index in [1.165, 1.54) is 4.90 Å². The second-order valence-electron chi connectivity index (χ2n) is 3.15. The maximum absolute atomic E-state index is 10.4. The monoisotopic (exact) mass is 224 g/mol. The van der Waals surface area contributed by atoms with Crippen LogP contribution in [0.4, 0.5) is 0 Å². The molecular formula is C12H16O2S. The van der Waals surface area contributed by atoms with Crippen LogP contribution in [0.15, 0.2) is 29.2 Å². The summed E-state index contributed by atoms with van der Waals surface area (Å²) in [5.74, 6) is 0.959. The van der Waals surface area contributed by atoms with Crippen molar-refractivity contribution in [2.45, 2.75) is 18.2 Å². The average molecular weight is 224 g/mol. The van der Waals surface area contributed by atoms with Gasteiger partial charge in [0.05, 0.1) is 6.61 Å². The highest BCUT2D eigenvalue weighted by Crippen LogP contribution is 2.17. The zero-order valence-electron chi connectivity index (χ0n) is 8.94. The van der Waals surface area contributed by atoms with Crippen LogP contribution in [-0.2, 0) is 4.74 Å². The normalized spacial score (nSPS) is 10.2. The molecule has 0 aliphatic rings. The van der Waals surface area contributed by atoms with E-state index in [0.717, 1.165) is 37.2 Å². The number of hydrogen-bond donors (Lipinski definition) is 0. The Kier molecular flexibility index (Phi) is 6.12. The Bertz CT molecular complexity index is 282. The van der Waals surface area contributed by atoms with Gasteiger partial charge in [-0.2, -0.15) is 0 Å². The van der Waals surface area contributed by atoms with E-state index < -0.39 is 0 Å². The third-order valence-electron chi connectivity index (χ3n) is 1.86. The number of aldehydes is 1. The zero-order valence-corrected chi connectivity index (χ0v) is 9.76. The van der Waals surface area contributed by atoms with E-state index in [1.807, 2.05) is 24.3 Å². The number of benzene rings is 1. The fraction of sp³-hybridized carbons (Fsp3) is 0.417. The molecule has 0 aromatic heterocycles. The molecule has 0 spiro atoms. The first kappa shape index (κ1) is 12.3. The summed E-state index contributed by atoms with van der Waals surface area (Å²) in [5, 5.41) is 0. The molecule has 82 valence electrons. The topological polar surface area (TPSA) is 26.3 Å². The van der Waals surface area contributed by atoms with Gasteiger partial charge in [0, 0.05) is 22.8 Å². The molecule has 1 aromatic carbocycles. The molecule has 0 aliphatic heterocycles. The van der Waals surface area contributed by atoms with Crippen molar-refractivity contribution < 1.29 is 9.53 Å². The van der Waals surface area contributed by atoms with Gasteiger partial charge in [-0.15, -0.1) is 11.8 Å². The third-order valence-corrected chi connectivity index (χ3v) is 2.84. The molecule has 1 rings (SSSR count). The Morgan fingerprint density at radius 2 is 2.00 bits per heavy atom. The second kappa shape index (κ2) is 7.49. The van der Waals surface area contributed by atoms with Crippen molar-refractivity contribution in [3.8, 4) is 0 Å². The minimum atomic E-state index is 0.724. The van der Waals surface area contributed by atoms with Crippen molar-refractivity contribution in [2.24, 2.45) is 0 Å². The molecule has 0 aliphatic carbocycles. The quantitative estimate of drug-likeness (QED) is 0.404. The number of ether oxygens (including phenoxy) is 1. The number of carbonyl (C=O) groups excluding carboxylic acids is 1. The SMILES string of the molecule is CCCOCCSc1ccc(C=O)cc1. The Hall–Kier alpha value is -0.800. The fourth-order valence-electron chi connectivity index (χ4n) is 1.11. The van der Waals surface area contributed by atoms with E-state index in [-0.39, 0.29) is 0 Å². The Morgan fingerprint density at radius 1 is 1.27 bits per heavy atom. The molecular weight excluding hydrogens is 208 g/mol. The van der Waals surface area contributed by atoms with Crippen molar-refractivity contribution in [1.29, 1.82) is 0 Å². The van der Waals surface area contributed by atoms with Gasteiger partial charge in [0.15, 0.2) is 0 Å². The molecule has 0 bridgehead atoms. The van der Waals surface area contributed by atoms with Crippen LogP contribution in [0.1, 0.15) is 23.7 Å². The van der Waals surface area contributed by atoms with Crippen molar-refractivity contribution in [3.63, 3.8) is 0 Å². The smallest absolute Gasteiger partial charge is 0.150 e. The molecule has 0 saturated heterocycles. The standard InChI is InChI=1S/C12H16O2S/c1-2-7-14-8-9-15-12-5-3-11(10-13)4-6-12/h3-6,10H,2,7-9H2,1H3. The van der Waals surface area contributed by atoms with Gasteiger partial charge in [0.25, 0.3) is 0 Å². The first-order chi connectivity index (χ1) is 7.36. The highest BCUT2D eigenvalue weighted by atomic mass is 32.2. The average Bonchev–Trinajstić information content (AvgIpc) is 2.30. The summed E-state index contributed by atoms with van der Waals surface area (Å²) in [6.07, 6.45) is 1.93. The lowest BCUT2D eigenvalue weighted by Crippen LogP contribution is -1.97. The van der Waals surface area contributed by atoms with Gasteiger partial charge in [-0.05, 0) is 18.6 Å². The Balaban J connectivity index is 2.22. The summed E-state index contributed by atoms with van der Waals surface area (Å²) in [6, 6.07) is 7.60. The second-order valence-corrected chi connectivity index (χ2v) is 4.32.